The number of thiophene rings is 1. The number of allylic oxidation sites excluding steroid dienone is 1. The smallest absolute Gasteiger partial charge is 0.163 e. The van der Waals surface area contributed by atoms with Gasteiger partial charge in [-0.1, -0.05) is 18.2 Å². The van der Waals surface area contributed by atoms with Crippen molar-refractivity contribution in [2.75, 3.05) is 24.9 Å². The van der Waals surface area contributed by atoms with E-state index in [9.17, 15) is 4.79 Å². The van der Waals surface area contributed by atoms with E-state index in [1.54, 1.807) is 25.6 Å². The van der Waals surface area contributed by atoms with Crippen LogP contribution in [0, 0.1) is 6.92 Å². The highest BCUT2D eigenvalue weighted by Crippen LogP contribution is 2.46. The summed E-state index contributed by atoms with van der Waals surface area (Å²) in [6.45, 7) is 2.10. The number of anilines is 2. The topological polar surface area (TPSA) is 59.6 Å². The van der Waals surface area contributed by atoms with Gasteiger partial charge in [0.2, 0.25) is 0 Å². The first-order valence-corrected chi connectivity index (χ1v) is 11.6. The first kappa shape index (κ1) is 20.6. The predicted octanol–water partition coefficient (Wildman–Crippen LogP) is 6.05. The Morgan fingerprint density at radius 2 is 1.72 bits per heavy atom. The molecule has 2 atom stereocenters. The molecule has 1 aliphatic heterocycles. The lowest BCUT2D eigenvalue weighted by atomic mass is 9.79. The number of rotatable bonds is 4. The van der Waals surface area contributed by atoms with Gasteiger partial charge in [0.05, 0.1) is 31.6 Å². The SMILES string of the molecule is COc1ccc([C@@H]2CC(=O)C3=C(C2)Nc2ccccc2N[C@H]3c2ccc(C)s2)cc1OC. The van der Waals surface area contributed by atoms with Gasteiger partial charge in [0, 0.05) is 27.4 Å². The summed E-state index contributed by atoms with van der Waals surface area (Å²) in [5, 5.41) is 7.23. The van der Waals surface area contributed by atoms with E-state index < -0.39 is 0 Å². The number of benzene rings is 2. The van der Waals surface area contributed by atoms with Crippen LogP contribution in [0.3, 0.4) is 0 Å². The number of hydrogen-bond donors (Lipinski definition) is 2. The number of fused-ring (bicyclic) bond motifs is 1. The van der Waals surface area contributed by atoms with Crippen molar-refractivity contribution < 1.29 is 14.3 Å². The third-order valence-electron chi connectivity index (χ3n) is 6.23. The van der Waals surface area contributed by atoms with Crippen LogP contribution in [0.15, 0.2) is 65.9 Å². The summed E-state index contributed by atoms with van der Waals surface area (Å²) in [5.74, 6) is 1.63. The molecule has 2 N–H and O–H groups in total. The highest BCUT2D eigenvalue weighted by Gasteiger charge is 2.36. The van der Waals surface area contributed by atoms with Crippen molar-refractivity contribution in [2.45, 2.75) is 31.7 Å². The molecule has 1 aromatic heterocycles. The number of methoxy groups -OCH3 is 2. The zero-order valence-corrected chi connectivity index (χ0v) is 19.2. The van der Waals surface area contributed by atoms with Crippen LogP contribution >= 0.6 is 11.3 Å². The van der Waals surface area contributed by atoms with E-state index in [4.69, 9.17) is 9.47 Å². The molecule has 0 saturated heterocycles. The number of carbonyl (C=O) groups excluding carboxylic acids is 1. The number of ketones is 1. The van der Waals surface area contributed by atoms with Crippen LogP contribution in [0.1, 0.15) is 40.1 Å². The second-order valence-corrected chi connectivity index (χ2v) is 9.55. The van der Waals surface area contributed by atoms with E-state index in [1.807, 2.05) is 30.3 Å². The summed E-state index contributed by atoms with van der Waals surface area (Å²) in [6.07, 6.45) is 1.22. The van der Waals surface area contributed by atoms with Crippen LogP contribution in [0.5, 0.6) is 11.5 Å². The number of nitrogens with one attached hydrogen (secondary N) is 2. The van der Waals surface area contributed by atoms with E-state index in [1.165, 1.54) is 4.88 Å². The van der Waals surface area contributed by atoms with Crippen LogP contribution in [0.4, 0.5) is 11.4 Å². The molecule has 0 bridgehead atoms. The van der Waals surface area contributed by atoms with Crippen molar-refractivity contribution in [2.24, 2.45) is 0 Å². The maximum absolute atomic E-state index is 13.6. The molecule has 164 valence electrons. The van der Waals surface area contributed by atoms with Crippen LogP contribution in [-0.4, -0.2) is 20.0 Å². The number of Topliss-reactive ketones (excluding diaryl/α,β-unsaturated/α-hetero) is 1. The second kappa shape index (κ2) is 8.36. The largest absolute Gasteiger partial charge is 0.493 e. The van der Waals surface area contributed by atoms with Gasteiger partial charge in [-0.05, 0) is 61.2 Å². The average molecular weight is 447 g/mol. The Bertz CT molecular complexity index is 1210. The zero-order valence-electron chi connectivity index (χ0n) is 18.4. The minimum atomic E-state index is -0.154. The second-order valence-electron chi connectivity index (χ2n) is 8.23. The molecule has 2 aliphatic rings. The first-order chi connectivity index (χ1) is 15.6. The quantitative estimate of drug-likeness (QED) is 0.511. The summed E-state index contributed by atoms with van der Waals surface area (Å²) in [5.41, 5.74) is 4.93. The van der Waals surface area contributed by atoms with Crippen LogP contribution in [0.2, 0.25) is 0 Å². The van der Waals surface area contributed by atoms with Gasteiger partial charge in [-0.25, -0.2) is 0 Å². The minimum Gasteiger partial charge on any atom is -0.493 e. The summed E-state index contributed by atoms with van der Waals surface area (Å²) in [6, 6.07) is 18.2. The van der Waals surface area contributed by atoms with Gasteiger partial charge in [-0.15, -0.1) is 11.3 Å². The molecule has 0 saturated carbocycles. The fraction of sp³-hybridized carbons (Fsp3) is 0.269. The summed E-state index contributed by atoms with van der Waals surface area (Å²) in [4.78, 5) is 16.0. The lowest BCUT2D eigenvalue weighted by molar-refractivity contribution is -0.116. The molecule has 0 unspecified atom stereocenters. The van der Waals surface area contributed by atoms with Crippen molar-refractivity contribution in [3.05, 3.63) is 81.2 Å². The summed E-state index contributed by atoms with van der Waals surface area (Å²) < 4.78 is 10.9. The number of ether oxygens (including phenoxy) is 2. The summed E-state index contributed by atoms with van der Waals surface area (Å²) >= 11 is 1.74. The number of carbonyl (C=O) groups is 1. The molecule has 0 fully saturated rings. The molecule has 0 radical (unpaired) electrons. The van der Waals surface area contributed by atoms with E-state index in [0.29, 0.717) is 17.9 Å². The molecule has 2 heterocycles. The highest BCUT2D eigenvalue weighted by atomic mass is 32.1. The molecular weight excluding hydrogens is 420 g/mol. The zero-order chi connectivity index (χ0) is 22.2. The minimum absolute atomic E-state index is 0.0736. The van der Waals surface area contributed by atoms with Crippen LogP contribution in [-0.2, 0) is 4.79 Å². The fourth-order valence-electron chi connectivity index (χ4n) is 4.66. The molecule has 5 rings (SSSR count). The molecule has 2 aromatic carbocycles. The summed E-state index contributed by atoms with van der Waals surface area (Å²) in [7, 11) is 3.27. The average Bonchev–Trinajstić information content (AvgIpc) is 3.16. The van der Waals surface area contributed by atoms with Crippen molar-refractivity contribution in [3.8, 4) is 11.5 Å². The van der Waals surface area contributed by atoms with Gasteiger partial charge in [0.15, 0.2) is 17.3 Å². The fourth-order valence-corrected chi connectivity index (χ4v) is 5.60. The van der Waals surface area contributed by atoms with E-state index in [2.05, 4.69) is 41.8 Å². The van der Waals surface area contributed by atoms with E-state index in [-0.39, 0.29) is 17.7 Å². The molecule has 1 aliphatic carbocycles. The van der Waals surface area contributed by atoms with Gasteiger partial charge in [0.1, 0.15) is 0 Å². The standard InChI is InChI=1S/C26H26N2O3S/c1-15-8-11-24(32-15)26-25-20(27-18-6-4-5-7-19(18)28-26)12-17(13-21(25)29)16-9-10-22(30-2)23(14-16)31-3/h4-11,14,17,26-28H,12-13H2,1-3H3/t17-,26-/m0/s1. The van der Waals surface area contributed by atoms with Crippen molar-refractivity contribution in [1.82, 2.24) is 0 Å². The van der Waals surface area contributed by atoms with Crippen molar-refractivity contribution in [3.63, 3.8) is 0 Å². The number of aryl methyl sites for hydroxylation is 1. The highest BCUT2D eigenvalue weighted by molar-refractivity contribution is 7.12. The number of para-hydroxylation sites is 2. The predicted molar refractivity (Wildman–Crippen MR) is 129 cm³/mol. The first-order valence-electron chi connectivity index (χ1n) is 10.7. The van der Waals surface area contributed by atoms with Gasteiger partial charge >= 0.3 is 0 Å². The Morgan fingerprint density at radius 3 is 2.44 bits per heavy atom. The Hall–Kier alpha value is -3.25. The molecule has 0 amide bonds. The Labute approximate surface area is 192 Å². The van der Waals surface area contributed by atoms with Gasteiger partial charge in [0.25, 0.3) is 0 Å². The molecular formula is C26H26N2O3S. The van der Waals surface area contributed by atoms with E-state index in [0.717, 1.165) is 39.5 Å². The molecule has 32 heavy (non-hydrogen) atoms. The molecule has 5 nitrogen and oxygen atoms in total. The van der Waals surface area contributed by atoms with Crippen molar-refractivity contribution in [1.29, 1.82) is 0 Å². The number of hydrogen-bond acceptors (Lipinski definition) is 6. The van der Waals surface area contributed by atoms with Gasteiger partial charge in [-0.3, -0.25) is 4.79 Å². The Balaban J connectivity index is 1.57. The van der Waals surface area contributed by atoms with Gasteiger partial charge < -0.3 is 20.1 Å². The van der Waals surface area contributed by atoms with Gasteiger partial charge in [-0.2, -0.15) is 0 Å². The lowest BCUT2D eigenvalue weighted by Gasteiger charge is -2.29. The Morgan fingerprint density at radius 1 is 0.938 bits per heavy atom. The monoisotopic (exact) mass is 446 g/mol. The van der Waals surface area contributed by atoms with Crippen LogP contribution in [0.25, 0.3) is 0 Å². The Kier molecular flexibility index (Phi) is 5.39. The molecule has 6 heteroatoms. The normalized spacial score (nSPS) is 19.9. The van der Waals surface area contributed by atoms with Crippen LogP contribution < -0.4 is 20.1 Å². The third kappa shape index (κ3) is 3.65. The van der Waals surface area contributed by atoms with Crippen molar-refractivity contribution >= 4 is 28.5 Å². The molecule has 0 spiro atoms. The molecule has 3 aromatic rings. The lowest BCUT2D eigenvalue weighted by Crippen LogP contribution is -2.26. The maximum Gasteiger partial charge on any atom is 0.163 e. The maximum atomic E-state index is 13.6. The van der Waals surface area contributed by atoms with E-state index >= 15 is 0 Å². The third-order valence-corrected chi connectivity index (χ3v) is 7.30.